The molecule has 2 unspecified atom stereocenters. The van der Waals surface area contributed by atoms with Crippen LogP contribution >= 0.6 is 0 Å². The lowest BCUT2D eigenvalue weighted by Crippen LogP contribution is -2.39. The number of rotatable bonds is 4. The van der Waals surface area contributed by atoms with Gasteiger partial charge in [-0.05, 0) is 31.4 Å². The zero-order chi connectivity index (χ0) is 15.7. The lowest BCUT2D eigenvalue weighted by Gasteiger charge is -2.24. The predicted octanol–water partition coefficient (Wildman–Crippen LogP) is 1.80. The summed E-state index contributed by atoms with van der Waals surface area (Å²) in [6, 6.07) is 6.02. The molecule has 0 saturated carbocycles. The maximum atomic E-state index is 12.8. The Balaban J connectivity index is 1.89. The molecule has 0 aromatic heterocycles. The monoisotopic (exact) mass is 332 g/mol. The van der Waals surface area contributed by atoms with E-state index in [1.807, 2.05) is 0 Å². The predicted molar refractivity (Wildman–Crippen MR) is 76.4 cm³/mol. The number of nitrogens with zero attached hydrogens (tertiary/aromatic N) is 1. The number of hydrogen-bond donors (Lipinski definition) is 1. The van der Waals surface area contributed by atoms with Gasteiger partial charge in [0.15, 0.2) is 0 Å². The van der Waals surface area contributed by atoms with Crippen molar-refractivity contribution in [2.75, 3.05) is 13.1 Å². The minimum atomic E-state index is -3.85. The normalized spacial score (nSPS) is 26.1. The van der Waals surface area contributed by atoms with Gasteiger partial charge in [0, 0.05) is 25.2 Å². The molecule has 8 heteroatoms. The summed E-state index contributed by atoms with van der Waals surface area (Å²) in [6.45, 7) is -2.31. The fraction of sp³-hybridized carbons (Fsp3) is 0.571. The Morgan fingerprint density at radius 3 is 2.68 bits per heavy atom. The van der Waals surface area contributed by atoms with Crippen LogP contribution in [0.5, 0.6) is 5.75 Å². The molecular formula is C14H18F2N2O3S. The lowest BCUT2D eigenvalue weighted by molar-refractivity contribution is -0.0517. The van der Waals surface area contributed by atoms with E-state index in [1.54, 1.807) is 0 Å². The number of benzene rings is 1. The average molecular weight is 332 g/mol. The summed E-state index contributed by atoms with van der Waals surface area (Å²) < 4.78 is 56.3. The SMILES string of the molecule is O=S(=O)(c1ccccc1OC(F)F)N1CCC2CCC(C1)N2. The summed E-state index contributed by atoms with van der Waals surface area (Å²) in [5.74, 6) is -0.306. The van der Waals surface area contributed by atoms with Crippen LogP contribution < -0.4 is 10.1 Å². The maximum absolute atomic E-state index is 12.8. The number of ether oxygens (including phenoxy) is 1. The minimum Gasteiger partial charge on any atom is -0.433 e. The van der Waals surface area contributed by atoms with Gasteiger partial charge in [0.05, 0.1) is 0 Å². The van der Waals surface area contributed by atoms with Crippen molar-refractivity contribution in [2.45, 2.75) is 42.9 Å². The Bertz CT molecular complexity index is 639. The number of para-hydroxylation sites is 1. The summed E-state index contributed by atoms with van der Waals surface area (Å²) in [5.41, 5.74) is 0. The Labute approximate surface area is 128 Å². The zero-order valence-corrected chi connectivity index (χ0v) is 12.7. The van der Waals surface area contributed by atoms with Gasteiger partial charge in [0.25, 0.3) is 0 Å². The summed E-state index contributed by atoms with van der Waals surface area (Å²) in [6.07, 6.45) is 2.73. The first-order chi connectivity index (χ1) is 10.5. The van der Waals surface area contributed by atoms with E-state index in [-0.39, 0.29) is 16.7 Å². The molecule has 2 aliphatic heterocycles. The van der Waals surface area contributed by atoms with Crippen molar-refractivity contribution in [1.29, 1.82) is 0 Å². The summed E-state index contributed by atoms with van der Waals surface area (Å²) in [5, 5.41) is 3.40. The van der Waals surface area contributed by atoms with Crippen LogP contribution in [0.4, 0.5) is 8.78 Å². The van der Waals surface area contributed by atoms with Gasteiger partial charge in [-0.3, -0.25) is 0 Å². The molecule has 0 amide bonds. The van der Waals surface area contributed by atoms with Crippen molar-refractivity contribution in [3.8, 4) is 5.75 Å². The van der Waals surface area contributed by atoms with Crippen LogP contribution in [-0.2, 0) is 10.0 Å². The van der Waals surface area contributed by atoms with Gasteiger partial charge in [-0.2, -0.15) is 13.1 Å². The fourth-order valence-electron chi connectivity index (χ4n) is 3.12. The molecule has 0 radical (unpaired) electrons. The number of halogens is 2. The molecule has 0 aliphatic carbocycles. The summed E-state index contributed by atoms with van der Waals surface area (Å²) >= 11 is 0. The van der Waals surface area contributed by atoms with Crippen LogP contribution in [0.25, 0.3) is 0 Å². The topological polar surface area (TPSA) is 58.6 Å². The summed E-state index contributed by atoms with van der Waals surface area (Å²) in [7, 11) is -3.85. The smallest absolute Gasteiger partial charge is 0.387 e. The second-order valence-electron chi connectivity index (χ2n) is 5.61. The first kappa shape index (κ1) is 15.6. The van der Waals surface area contributed by atoms with Crippen molar-refractivity contribution in [3.05, 3.63) is 24.3 Å². The van der Waals surface area contributed by atoms with Crippen molar-refractivity contribution in [2.24, 2.45) is 0 Å². The minimum absolute atomic E-state index is 0.130. The number of nitrogens with one attached hydrogen (secondary N) is 1. The van der Waals surface area contributed by atoms with Crippen LogP contribution in [0.3, 0.4) is 0 Å². The van der Waals surface area contributed by atoms with E-state index in [1.165, 1.54) is 28.6 Å². The second-order valence-corrected chi connectivity index (χ2v) is 7.52. The van der Waals surface area contributed by atoms with E-state index in [0.717, 1.165) is 19.3 Å². The van der Waals surface area contributed by atoms with Crippen LogP contribution in [0.15, 0.2) is 29.2 Å². The molecule has 2 heterocycles. The maximum Gasteiger partial charge on any atom is 0.387 e. The van der Waals surface area contributed by atoms with E-state index in [4.69, 9.17) is 0 Å². The van der Waals surface area contributed by atoms with Gasteiger partial charge in [0.2, 0.25) is 10.0 Å². The van der Waals surface area contributed by atoms with Crippen molar-refractivity contribution in [1.82, 2.24) is 9.62 Å². The first-order valence-electron chi connectivity index (χ1n) is 7.27. The van der Waals surface area contributed by atoms with Crippen molar-refractivity contribution < 1.29 is 21.9 Å². The molecule has 22 heavy (non-hydrogen) atoms. The number of hydrogen-bond acceptors (Lipinski definition) is 4. The van der Waals surface area contributed by atoms with E-state index in [9.17, 15) is 17.2 Å². The molecule has 1 N–H and O–H groups in total. The highest BCUT2D eigenvalue weighted by Gasteiger charge is 2.36. The first-order valence-corrected chi connectivity index (χ1v) is 8.71. The quantitative estimate of drug-likeness (QED) is 0.913. The Hall–Kier alpha value is -1.25. The zero-order valence-electron chi connectivity index (χ0n) is 11.9. The molecule has 1 aromatic carbocycles. The van der Waals surface area contributed by atoms with Gasteiger partial charge in [-0.15, -0.1) is 0 Å². The Kier molecular flexibility index (Phi) is 4.33. The van der Waals surface area contributed by atoms with Crippen LogP contribution in [0.1, 0.15) is 19.3 Å². The Morgan fingerprint density at radius 2 is 1.91 bits per heavy atom. The fourth-order valence-corrected chi connectivity index (χ4v) is 4.75. The van der Waals surface area contributed by atoms with Crippen molar-refractivity contribution >= 4 is 10.0 Å². The number of alkyl halides is 2. The number of sulfonamides is 1. The molecule has 2 saturated heterocycles. The molecule has 2 aliphatic rings. The van der Waals surface area contributed by atoms with Gasteiger partial charge < -0.3 is 10.1 Å². The van der Waals surface area contributed by atoms with Gasteiger partial charge in [-0.25, -0.2) is 8.42 Å². The van der Waals surface area contributed by atoms with Gasteiger partial charge in [0.1, 0.15) is 10.6 Å². The highest BCUT2D eigenvalue weighted by molar-refractivity contribution is 7.89. The molecule has 122 valence electrons. The van der Waals surface area contributed by atoms with Crippen molar-refractivity contribution in [3.63, 3.8) is 0 Å². The van der Waals surface area contributed by atoms with E-state index in [2.05, 4.69) is 10.1 Å². The molecule has 2 fully saturated rings. The van der Waals surface area contributed by atoms with E-state index >= 15 is 0 Å². The number of fused-ring (bicyclic) bond motifs is 2. The van der Waals surface area contributed by atoms with Crippen LogP contribution in [0.2, 0.25) is 0 Å². The molecule has 1 aromatic rings. The highest BCUT2D eigenvalue weighted by Crippen LogP contribution is 2.30. The van der Waals surface area contributed by atoms with Gasteiger partial charge in [-0.1, -0.05) is 12.1 Å². The third-order valence-electron chi connectivity index (χ3n) is 4.17. The van der Waals surface area contributed by atoms with Crippen LogP contribution in [0, 0.1) is 0 Å². The third kappa shape index (κ3) is 3.09. The molecule has 3 rings (SSSR count). The highest BCUT2D eigenvalue weighted by atomic mass is 32.2. The largest absolute Gasteiger partial charge is 0.433 e. The molecule has 2 bridgehead atoms. The Morgan fingerprint density at radius 1 is 1.18 bits per heavy atom. The van der Waals surface area contributed by atoms with Gasteiger partial charge >= 0.3 is 6.61 Å². The summed E-state index contributed by atoms with van der Waals surface area (Å²) in [4.78, 5) is -0.201. The second kappa shape index (κ2) is 6.10. The standard InChI is InChI=1S/C14H18F2N2O3S/c15-14(16)21-12-3-1-2-4-13(12)22(19,20)18-8-7-10-5-6-11(9-18)17-10/h1-4,10-11,14,17H,5-9H2. The van der Waals surface area contributed by atoms with E-state index < -0.39 is 16.6 Å². The molecule has 0 spiro atoms. The molecular weight excluding hydrogens is 314 g/mol. The lowest BCUT2D eigenvalue weighted by atomic mass is 10.1. The van der Waals surface area contributed by atoms with E-state index in [0.29, 0.717) is 19.1 Å². The third-order valence-corrected chi connectivity index (χ3v) is 6.07. The molecule has 5 nitrogen and oxygen atoms in total. The molecule has 2 atom stereocenters. The average Bonchev–Trinajstić information content (AvgIpc) is 2.77. The van der Waals surface area contributed by atoms with Crippen LogP contribution in [-0.4, -0.2) is 44.5 Å².